The number of nitrogens with two attached hydrogens (primary N) is 1. The third-order valence-corrected chi connectivity index (χ3v) is 1.84. The van der Waals surface area contributed by atoms with Gasteiger partial charge in [-0.1, -0.05) is 13.8 Å². The van der Waals surface area contributed by atoms with Crippen molar-refractivity contribution in [3.05, 3.63) is 11.6 Å². The van der Waals surface area contributed by atoms with Crippen LogP contribution in [-0.2, 0) is 0 Å². The normalized spacial score (nSPS) is 12.9. The molecule has 1 unspecified atom stereocenters. The van der Waals surface area contributed by atoms with Gasteiger partial charge in [-0.25, -0.2) is 4.98 Å². The molecule has 6 heteroatoms. The van der Waals surface area contributed by atoms with Crippen LogP contribution in [0.2, 0.25) is 0 Å². The Balaban J connectivity index is 2.58. The van der Waals surface area contributed by atoms with Crippen LogP contribution in [0.1, 0.15) is 43.1 Å². The summed E-state index contributed by atoms with van der Waals surface area (Å²) in [5, 5.41) is 9.19. The first-order valence-electron chi connectivity index (χ1n) is 4.96. The Morgan fingerprint density at radius 3 is 2.67 bits per heavy atom. The number of rotatable bonds is 4. The lowest BCUT2D eigenvalue weighted by atomic mass is 10.2. The number of aromatic amines is 1. The van der Waals surface area contributed by atoms with Gasteiger partial charge in [0, 0.05) is 18.5 Å². The Hall–Kier alpha value is -1.43. The molecule has 0 bridgehead atoms. The van der Waals surface area contributed by atoms with Gasteiger partial charge in [0.05, 0.1) is 0 Å². The molecule has 6 nitrogen and oxygen atoms in total. The third-order valence-electron chi connectivity index (χ3n) is 1.84. The van der Waals surface area contributed by atoms with E-state index in [2.05, 4.69) is 20.5 Å². The van der Waals surface area contributed by atoms with Crippen LogP contribution in [-0.4, -0.2) is 33.7 Å². The molecule has 0 fully saturated rings. The number of aromatic nitrogens is 3. The van der Waals surface area contributed by atoms with Crippen LogP contribution in [0, 0.1) is 0 Å². The quantitative estimate of drug-likeness (QED) is 0.653. The van der Waals surface area contributed by atoms with Crippen LogP contribution >= 0.6 is 0 Å². The lowest BCUT2D eigenvalue weighted by molar-refractivity contribution is 0.0941. The summed E-state index contributed by atoms with van der Waals surface area (Å²) in [5.41, 5.74) is 5.51. The van der Waals surface area contributed by atoms with E-state index in [0.717, 1.165) is 0 Å². The summed E-state index contributed by atoms with van der Waals surface area (Å²) >= 11 is 0. The first-order chi connectivity index (χ1) is 7.00. The summed E-state index contributed by atoms with van der Waals surface area (Å²) in [5.74, 6) is 0.809. The molecular weight excluding hydrogens is 194 g/mol. The molecule has 84 valence electrons. The van der Waals surface area contributed by atoms with Crippen LogP contribution in [0.15, 0.2) is 0 Å². The van der Waals surface area contributed by atoms with Gasteiger partial charge in [0.25, 0.3) is 5.91 Å². The second-order valence-corrected chi connectivity index (χ2v) is 3.89. The second-order valence-electron chi connectivity index (χ2n) is 3.89. The molecule has 0 aliphatic rings. The van der Waals surface area contributed by atoms with Crippen molar-refractivity contribution >= 4 is 5.91 Å². The lowest BCUT2D eigenvalue weighted by Gasteiger charge is -2.04. The van der Waals surface area contributed by atoms with E-state index in [1.54, 1.807) is 0 Å². The average molecular weight is 211 g/mol. The van der Waals surface area contributed by atoms with E-state index in [0.29, 0.717) is 12.4 Å². The Kier molecular flexibility index (Phi) is 3.79. The van der Waals surface area contributed by atoms with E-state index >= 15 is 0 Å². The predicted octanol–water partition coefficient (Wildman–Crippen LogP) is 0.00510. The van der Waals surface area contributed by atoms with Crippen molar-refractivity contribution in [1.29, 1.82) is 0 Å². The van der Waals surface area contributed by atoms with Crippen LogP contribution in [0.4, 0.5) is 0 Å². The topological polar surface area (TPSA) is 96.7 Å². The van der Waals surface area contributed by atoms with E-state index in [1.807, 2.05) is 20.8 Å². The first-order valence-corrected chi connectivity index (χ1v) is 4.96. The summed E-state index contributed by atoms with van der Waals surface area (Å²) in [6.07, 6.45) is 0. The number of hydrogen-bond donors (Lipinski definition) is 3. The number of nitrogens with one attached hydrogen (secondary N) is 2. The second kappa shape index (κ2) is 4.88. The maximum atomic E-state index is 11.5. The Morgan fingerprint density at radius 2 is 2.20 bits per heavy atom. The summed E-state index contributed by atoms with van der Waals surface area (Å²) in [7, 11) is 0. The van der Waals surface area contributed by atoms with Crippen molar-refractivity contribution in [1.82, 2.24) is 20.5 Å². The standard InChI is InChI=1S/C9H17N5O/c1-5(2)7-12-8(14-13-7)9(15)11-4-6(3)10/h5-6H,4,10H2,1-3H3,(H,11,15)(H,12,13,14). The zero-order chi connectivity index (χ0) is 11.4. The van der Waals surface area contributed by atoms with Crippen molar-refractivity contribution in [2.45, 2.75) is 32.7 Å². The summed E-state index contributed by atoms with van der Waals surface area (Å²) in [6, 6.07) is -0.0718. The molecule has 0 aliphatic heterocycles. The first kappa shape index (κ1) is 11.6. The highest BCUT2D eigenvalue weighted by Gasteiger charge is 2.13. The fourth-order valence-corrected chi connectivity index (χ4v) is 0.967. The number of hydrogen-bond acceptors (Lipinski definition) is 4. The van der Waals surface area contributed by atoms with E-state index in [-0.39, 0.29) is 23.7 Å². The lowest BCUT2D eigenvalue weighted by Crippen LogP contribution is -2.35. The molecule has 0 radical (unpaired) electrons. The third kappa shape index (κ3) is 3.32. The van der Waals surface area contributed by atoms with Crippen molar-refractivity contribution in [3.63, 3.8) is 0 Å². The number of nitrogens with zero attached hydrogens (tertiary/aromatic N) is 2. The smallest absolute Gasteiger partial charge is 0.291 e. The number of carbonyl (C=O) groups is 1. The Bertz CT molecular complexity index is 331. The summed E-state index contributed by atoms with van der Waals surface area (Å²) in [4.78, 5) is 15.5. The van der Waals surface area contributed by atoms with Gasteiger partial charge in [0.15, 0.2) is 0 Å². The maximum absolute atomic E-state index is 11.5. The van der Waals surface area contributed by atoms with E-state index in [4.69, 9.17) is 5.73 Å². The zero-order valence-corrected chi connectivity index (χ0v) is 9.24. The molecule has 1 amide bonds. The minimum atomic E-state index is -0.296. The van der Waals surface area contributed by atoms with Gasteiger partial charge in [0.2, 0.25) is 5.82 Å². The van der Waals surface area contributed by atoms with Gasteiger partial charge in [-0.15, -0.1) is 5.10 Å². The van der Waals surface area contributed by atoms with Crippen LogP contribution < -0.4 is 11.1 Å². The van der Waals surface area contributed by atoms with Crippen molar-refractivity contribution in [2.24, 2.45) is 5.73 Å². The summed E-state index contributed by atoms with van der Waals surface area (Å²) < 4.78 is 0. The molecule has 4 N–H and O–H groups in total. The van der Waals surface area contributed by atoms with Crippen LogP contribution in [0.25, 0.3) is 0 Å². The molecule has 0 spiro atoms. The highest BCUT2D eigenvalue weighted by atomic mass is 16.2. The molecule has 0 saturated carbocycles. The molecule has 0 aromatic carbocycles. The highest BCUT2D eigenvalue weighted by Crippen LogP contribution is 2.07. The predicted molar refractivity (Wildman–Crippen MR) is 56.5 cm³/mol. The van der Waals surface area contributed by atoms with Gasteiger partial charge in [-0.05, 0) is 6.92 Å². The van der Waals surface area contributed by atoms with Crippen LogP contribution in [0.3, 0.4) is 0 Å². The maximum Gasteiger partial charge on any atom is 0.291 e. The minimum absolute atomic E-state index is 0.0718. The molecule has 1 heterocycles. The fraction of sp³-hybridized carbons (Fsp3) is 0.667. The average Bonchev–Trinajstić information content (AvgIpc) is 2.62. The molecule has 1 rings (SSSR count). The Morgan fingerprint density at radius 1 is 1.53 bits per heavy atom. The zero-order valence-electron chi connectivity index (χ0n) is 9.24. The number of carbonyl (C=O) groups excluding carboxylic acids is 1. The largest absolute Gasteiger partial charge is 0.348 e. The Labute approximate surface area is 88.7 Å². The number of amides is 1. The van der Waals surface area contributed by atoms with Crippen molar-refractivity contribution in [2.75, 3.05) is 6.54 Å². The van der Waals surface area contributed by atoms with Gasteiger partial charge < -0.3 is 11.1 Å². The minimum Gasteiger partial charge on any atom is -0.348 e. The highest BCUT2D eigenvalue weighted by molar-refractivity contribution is 5.90. The molecular formula is C9H17N5O. The van der Waals surface area contributed by atoms with E-state index in [9.17, 15) is 4.79 Å². The van der Waals surface area contributed by atoms with E-state index < -0.39 is 0 Å². The molecule has 15 heavy (non-hydrogen) atoms. The molecule has 1 aromatic heterocycles. The van der Waals surface area contributed by atoms with Crippen molar-refractivity contribution in [3.8, 4) is 0 Å². The van der Waals surface area contributed by atoms with Crippen molar-refractivity contribution < 1.29 is 4.79 Å². The van der Waals surface area contributed by atoms with Gasteiger partial charge >= 0.3 is 0 Å². The van der Waals surface area contributed by atoms with Gasteiger partial charge in [-0.3, -0.25) is 9.89 Å². The SMILES string of the molecule is CC(N)CNC(=O)c1n[nH]c(C(C)C)n1. The van der Waals surface area contributed by atoms with Crippen LogP contribution in [0.5, 0.6) is 0 Å². The van der Waals surface area contributed by atoms with E-state index in [1.165, 1.54) is 0 Å². The molecule has 0 aliphatic carbocycles. The summed E-state index contributed by atoms with van der Waals surface area (Å²) in [6.45, 7) is 6.19. The monoisotopic (exact) mass is 211 g/mol. The molecule has 0 saturated heterocycles. The number of H-pyrrole nitrogens is 1. The fourth-order valence-electron chi connectivity index (χ4n) is 0.967. The molecule has 1 atom stereocenters. The molecule has 1 aromatic rings. The van der Waals surface area contributed by atoms with Gasteiger partial charge in [0.1, 0.15) is 5.82 Å². The van der Waals surface area contributed by atoms with Gasteiger partial charge in [-0.2, -0.15) is 0 Å².